The molecule has 1 unspecified atom stereocenters. The average Bonchev–Trinajstić information content (AvgIpc) is 1.84. The normalized spacial score (nSPS) is 12.9. The first-order chi connectivity index (χ1) is 4.09. The second-order valence-corrected chi connectivity index (χ2v) is 2.49. The molecular formula is C7H17N2+. The van der Waals surface area contributed by atoms with Crippen LogP contribution in [0.3, 0.4) is 0 Å². The summed E-state index contributed by atoms with van der Waals surface area (Å²) < 4.78 is 1.86. The van der Waals surface area contributed by atoms with Gasteiger partial charge in [-0.1, -0.05) is 6.92 Å². The molecule has 0 aromatic rings. The Morgan fingerprint density at radius 3 is 2.22 bits per heavy atom. The van der Waals surface area contributed by atoms with Crippen LogP contribution in [0.1, 0.15) is 20.3 Å². The SMILES string of the molecule is C=[N+](C)N(C)C(C)CC. The van der Waals surface area contributed by atoms with E-state index in [-0.39, 0.29) is 0 Å². The maximum atomic E-state index is 3.77. The number of hydrazine groups is 1. The van der Waals surface area contributed by atoms with Crippen LogP contribution < -0.4 is 0 Å². The molecule has 0 N–H and O–H groups in total. The van der Waals surface area contributed by atoms with Gasteiger partial charge in [-0.15, -0.1) is 4.68 Å². The number of rotatable bonds is 3. The summed E-state index contributed by atoms with van der Waals surface area (Å²) in [4.78, 5) is 0. The minimum absolute atomic E-state index is 0.590. The Hall–Kier alpha value is -0.530. The van der Waals surface area contributed by atoms with Crippen molar-refractivity contribution in [1.29, 1.82) is 0 Å². The van der Waals surface area contributed by atoms with E-state index in [0.29, 0.717) is 6.04 Å². The molecule has 0 saturated carbocycles. The molecule has 0 rings (SSSR count). The topological polar surface area (TPSA) is 6.25 Å². The Morgan fingerprint density at radius 1 is 1.67 bits per heavy atom. The minimum Gasteiger partial charge on any atom is -0.187 e. The Morgan fingerprint density at radius 2 is 2.11 bits per heavy atom. The summed E-state index contributed by atoms with van der Waals surface area (Å²) in [5, 5.41) is 2.11. The van der Waals surface area contributed by atoms with Crippen molar-refractivity contribution in [3.8, 4) is 0 Å². The third kappa shape index (κ3) is 2.49. The Kier molecular flexibility index (Phi) is 3.28. The van der Waals surface area contributed by atoms with Gasteiger partial charge in [-0.2, -0.15) is 5.01 Å². The summed E-state index contributed by atoms with van der Waals surface area (Å²) in [6.07, 6.45) is 1.16. The van der Waals surface area contributed by atoms with Crippen LogP contribution in [0, 0.1) is 0 Å². The van der Waals surface area contributed by atoms with E-state index in [2.05, 4.69) is 25.6 Å². The van der Waals surface area contributed by atoms with Gasteiger partial charge in [-0.25, -0.2) is 0 Å². The molecule has 2 heteroatoms. The summed E-state index contributed by atoms with van der Waals surface area (Å²) in [6.45, 7) is 8.12. The molecular weight excluding hydrogens is 112 g/mol. The standard InChI is InChI=1S/C7H17N2/c1-6-7(2)9(5)8(3)4/h7H,3,6H2,1-2,4-5H3/q+1. The van der Waals surface area contributed by atoms with Gasteiger partial charge in [0, 0.05) is 0 Å². The van der Waals surface area contributed by atoms with Gasteiger partial charge in [0.1, 0.15) is 0 Å². The lowest BCUT2D eigenvalue weighted by Crippen LogP contribution is -2.35. The first-order valence-corrected chi connectivity index (χ1v) is 3.36. The van der Waals surface area contributed by atoms with E-state index in [0.717, 1.165) is 6.42 Å². The monoisotopic (exact) mass is 129 g/mol. The maximum Gasteiger partial charge on any atom is 0.161 e. The van der Waals surface area contributed by atoms with Crippen molar-refractivity contribution in [3.63, 3.8) is 0 Å². The second-order valence-electron chi connectivity index (χ2n) is 2.49. The van der Waals surface area contributed by atoms with E-state index in [1.165, 1.54) is 0 Å². The average molecular weight is 129 g/mol. The predicted octanol–water partition coefficient (Wildman–Crippen LogP) is 0.975. The molecule has 0 radical (unpaired) electrons. The number of hydrogen-bond donors (Lipinski definition) is 0. The van der Waals surface area contributed by atoms with Gasteiger partial charge in [-0.05, 0) is 13.3 Å². The molecule has 0 saturated heterocycles. The lowest BCUT2D eigenvalue weighted by Gasteiger charge is -2.18. The fourth-order valence-electron chi connectivity index (χ4n) is 0.601. The minimum atomic E-state index is 0.590. The molecule has 0 bridgehead atoms. The van der Waals surface area contributed by atoms with Crippen molar-refractivity contribution in [3.05, 3.63) is 0 Å². The van der Waals surface area contributed by atoms with Crippen LogP contribution in [-0.2, 0) is 0 Å². The van der Waals surface area contributed by atoms with Crippen molar-refractivity contribution in [1.82, 2.24) is 5.01 Å². The third-order valence-electron chi connectivity index (χ3n) is 1.77. The Balaban J connectivity index is 3.72. The lowest BCUT2D eigenvalue weighted by molar-refractivity contribution is -0.662. The molecule has 0 aliphatic rings. The first-order valence-electron chi connectivity index (χ1n) is 3.36. The van der Waals surface area contributed by atoms with Gasteiger partial charge in [0.2, 0.25) is 0 Å². The second kappa shape index (κ2) is 3.49. The molecule has 9 heavy (non-hydrogen) atoms. The summed E-state index contributed by atoms with van der Waals surface area (Å²) in [7, 11) is 3.99. The van der Waals surface area contributed by atoms with E-state index >= 15 is 0 Å². The van der Waals surface area contributed by atoms with Crippen molar-refractivity contribution in [2.24, 2.45) is 0 Å². The van der Waals surface area contributed by atoms with Crippen molar-refractivity contribution in [2.45, 2.75) is 26.3 Å². The molecule has 2 nitrogen and oxygen atoms in total. The van der Waals surface area contributed by atoms with Crippen LogP contribution in [0.25, 0.3) is 0 Å². The van der Waals surface area contributed by atoms with Crippen molar-refractivity contribution in [2.75, 3.05) is 14.1 Å². The van der Waals surface area contributed by atoms with Crippen LogP contribution in [0.2, 0.25) is 0 Å². The van der Waals surface area contributed by atoms with Crippen LogP contribution in [0.15, 0.2) is 0 Å². The van der Waals surface area contributed by atoms with Gasteiger partial charge in [0.05, 0.1) is 13.1 Å². The van der Waals surface area contributed by atoms with Gasteiger partial charge in [0.15, 0.2) is 13.8 Å². The summed E-state index contributed by atoms with van der Waals surface area (Å²) in [6, 6.07) is 0.590. The quantitative estimate of drug-likeness (QED) is 0.313. The first kappa shape index (κ1) is 8.47. The van der Waals surface area contributed by atoms with E-state index in [1.54, 1.807) is 0 Å². The van der Waals surface area contributed by atoms with Crippen LogP contribution in [0.4, 0.5) is 0 Å². The molecule has 0 aliphatic heterocycles. The highest BCUT2D eigenvalue weighted by atomic mass is 15.5. The zero-order valence-electron chi connectivity index (χ0n) is 6.89. The maximum absolute atomic E-state index is 3.77. The highest BCUT2D eigenvalue weighted by Crippen LogP contribution is 1.97. The summed E-state index contributed by atoms with van der Waals surface area (Å²) in [5.74, 6) is 0. The van der Waals surface area contributed by atoms with Crippen LogP contribution in [-0.4, -0.2) is 36.5 Å². The van der Waals surface area contributed by atoms with E-state index in [9.17, 15) is 0 Å². The Labute approximate surface area is 57.8 Å². The molecule has 1 atom stereocenters. The zero-order valence-corrected chi connectivity index (χ0v) is 6.89. The zero-order chi connectivity index (χ0) is 7.44. The number of hydrazone groups is 1. The molecule has 0 aromatic heterocycles. The largest absolute Gasteiger partial charge is 0.187 e. The molecule has 0 heterocycles. The third-order valence-corrected chi connectivity index (χ3v) is 1.77. The van der Waals surface area contributed by atoms with Gasteiger partial charge >= 0.3 is 0 Å². The Bertz CT molecular complexity index is 99.1. The van der Waals surface area contributed by atoms with Crippen molar-refractivity contribution < 1.29 is 4.68 Å². The highest BCUT2D eigenvalue weighted by molar-refractivity contribution is 5.13. The van der Waals surface area contributed by atoms with Crippen LogP contribution >= 0.6 is 0 Å². The molecule has 0 fully saturated rings. The molecule has 0 aliphatic carbocycles. The molecule has 0 spiro atoms. The van der Waals surface area contributed by atoms with E-state index in [1.807, 2.05) is 18.8 Å². The number of hydrogen-bond acceptors (Lipinski definition) is 1. The molecule has 0 aromatic carbocycles. The smallest absolute Gasteiger partial charge is 0.161 e. The lowest BCUT2D eigenvalue weighted by atomic mass is 10.3. The van der Waals surface area contributed by atoms with Gasteiger partial charge < -0.3 is 0 Å². The van der Waals surface area contributed by atoms with Gasteiger partial charge in [-0.3, -0.25) is 0 Å². The highest BCUT2D eigenvalue weighted by Gasteiger charge is 2.09. The van der Waals surface area contributed by atoms with Gasteiger partial charge in [0.25, 0.3) is 0 Å². The predicted molar refractivity (Wildman–Crippen MR) is 40.8 cm³/mol. The van der Waals surface area contributed by atoms with Crippen molar-refractivity contribution >= 4 is 6.72 Å². The fourth-order valence-corrected chi connectivity index (χ4v) is 0.601. The van der Waals surface area contributed by atoms with E-state index < -0.39 is 0 Å². The van der Waals surface area contributed by atoms with Crippen LogP contribution in [0.5, 0.6) is 0 Å². The molecule has 0 amide bonds. The summed E-state index contributed by atoms with van der Waals surface area (Å²) >= 11 is 0. The summed E-state index contributed by atoms with van der Waals surface area (Å²) in [5.41, 5.74) is 0. The van der Waals surface area contributed by atoms with E-state index in [4.69, 9.17) is 0 Å². The molecule has 54 valence electrons. The number of nitrogens with zero attached hydrogens (tertiary/aromatic N) is 2. The fraction of sp³-hybridized carbons (Fsp3) is 0.857.